The maximum atomic E-state index is 13.2. The van der Waals surface area contributed by atoms with Gasteiger partial charge in [-0.25, -0.2) is 9.78 Å². The summed E-state index contributed by atoms with van der Waals surface area (Å²) in [7, 11) is 1.30. The van der Waals surface area contributed by atoms with Crippen molar-refractivity contribution in [3.8, 4) is 0 Å². The minimum absolute atomic E-state index is 0.0795. The largest absolute Gasteiger partial charge is 0.467 e. The zero-order chi connectivity index (χ0) is 22.5. The topological polar surface area (TPSA) is 103 Å². The van der Waals surface area contributed by atoms with E-state index >= 15 is 0 Å². The molecule has 1 amide bonds. The summed E-state index contributed by atoms with van der Waals surface area (Å²) in [5.74, 6) is 0.162. The predicted molar refractivity (Wildman–Crippen MR) is 121 cm³/mol. The molecule has 1 aliphatic rings. The number of carbonyl (C=O) groups is 2. The minimum atomic E-state index is -0.505. The second-order valence-corrected chi connectivity index (χ2v) is 8.72. The first-order valence-electron chi connectivity index (χ1n) is 10.6. The Bertz CT molecular complexity index is 1170. The fourth-order valence-corrected chi connectivity index (χ4v) is 4.71. The average molecular weight is 456 g/mol. The molecule has 1 fully saturated rings. The number of ether oxygens (including phenoxy) is 1. The maximum absolute atomic E-state index is 13.2. The highest BCUT2D eigenvalue weighted by atomic mass is 32.2. The van der Waals surface area contributed by atoms with Crippen LogP contribution in [0.2, 0.25) is 0 Å². The number of carbonyl (C=O) groups excluding carboxylic acids is 2. The SMILES string of the molecule is COC(=O)c1ccc2c(=O)n(Cc3ccco3)c(SCC(=O)NC3CCCCC3)nc2c1. The van der Waals surface area contributed by atoms with E-state index in [2.05, 4.69) is 10.3 Å². The number of methoxy groups -OCH3 is 1. The molecule has 0 unspecified atom stereocenters. The highest BCUT2D eigenvalue weighted by molar-refractivity contribution is 7.99. The highest BCUT2D eigenvalue weighted by Crippen LogP contribution is 2.21. The summed E-state index contributed by atoms with van der Waals surface area (Å²) in [4.78, 5) is 42.3. The fourth-order valence-electron chi connectivity index (χ4n) is 3.90. The number of furan rings is 1. The Balaban J connectivity index is 1.63. The number of hydrogen-bond acceptors (Lipinski definition) is 7. The highest BCUT2D eigenvalue weighted by Gasteiger charge is 2.19. The summed E-state index contributed by atoms with van der Waals surface area (Å²) < 4.78 is 11.7. The van der Waals surface area contributed by atoms with Crippen molar-refractivity contribution in [3.63, 3.8) is 0 Å². The molecule has 32 heavy (non-hydrogen) atoms. The summed E-state index contributed by atoms with van der Waals surface area (Å²) >= 11 is 1.20. The Morgan fingerprint density at radius 2 is 2.06 bits per heavy atom. The van der Waals surface area contributed by atoms with Gasteiger partial charge in [-0.2, -0.15) is 0 Å². The first-order chi connectivity index (χ1) is 15.5. The van der Waals surface area contributed by atoms with Crippen molar-refractivity contribution in [2.45, 2.75) is 49.8 Å². The number of hydrogen-bond donors (Lipinski definition) is 1. The lowest BCUT2D eigenvalue weighted by molar-refractivity contribution is -0.119. The van der Waals surface area contributed by atoms with Gasteiger partial charge in [0.05, 0.1) is 42.1 Å². The van der Waals surface area contributed by atoms with Crippen LogP contribution in [0, 0.1) is 0 Å². The van der Waals surface area contributed by atoms with Crippen molar-refractivity contribution < 1.29 is 18.7 Å². The van der Waals surface area contributed by atoms with Crippen LogP contribution in [-0.2, 0) is 16.1 Å². The van der Waals surface area contributed by atoms with Gasteiger partial charge < -0.3 is 14.5 Å². The third-order valence-corrected chi connectivity index (χ3v) is 6.51. The van der Waals surface area contributed by atoms with Gasteiger partial charge in [0, 0.05) is 6.04 Å². The van der Waals surface area contributed by atoms with Crippen molar-refractivity contribution >= 4 is 34.5 Å². The molecule has 1 N–H and O–H groups in total. The first kappa shape index (κ1) is 22.1. The van der Waals surface area contributed by atoms with Gasteiger partial charge in [0.15, 0.2) is 5.16 Å². The molecule has 2 aromatic heterocycles. The molecule has 9 heteroatoms. The molecule has 4 rings (SSSR count). The standard InChI is InChI=1S/C23H25N3O5S/c1-30-22(29)15-9-10-18-19(12-15)25-23(26(21(18)28)13-17-8-5-11-31-17)32-14-20(27)24-16-6-3-2-4-7-16/h5,8-12,16H,2-4,6-7,13-14H2,1H3,(H,24,27). The van der Waals surface area contributed by atoms with Crippen molar-refractivity contribution in [1.29, 1.82) is 0 Å². The Labute approximate surface area is 189 Å². The van der Waals surface area contributed by atoms with E-state index in [0.29, 0.717) is 27.4 Å². The van der Waals surface area contributed by atoms with Crippen molar-refractivity contribution in [2.75, 3.05) is 12.9 Å². The molecule has 2 heterocycles. The van der Waals surface area contributed by atoms with Gasteiger partial charge in [-0.3, -0.25) is 14.2 Å². The summed E-state index contributed by atoms with van der Waals surface area (Å²) in [5, 5.41) is 3.85. The van der Waals surface area contributed by atoms with Crippen LogP contribution >= 0.6 is 11.8 Å². The van der Waals surface area contributed by atoms with E-state index in [9.17, 15) is 14.4 Å². The molecule has 0 atom stereocenters. The molecule has 0 bridgehead atoms. The Morgan fingerprint density at radius 1 is 1.25 bits per heavy atom. The van der Waals surface area contributed by atoms with Crippen LogP contribution in [0.5, 0.6) is 0 Å². The van der Waals surface area contributed by atoms with E-state index in [1.165, 1.54) is 35.9 Å². The number of esters is 1. The van der Waals surface area contributed by atoms with Gasteiger partial charge in [-0.15, -0.1) is 0 Å². The van der Waals surface area contributed by atoms with Crippen LogP contribution < -0.4 is 10.9 Å². The molecular weight excluding hydrogens is 430 g/mol. The fraction of sp³-hybridized carbons (Fsp3) is 0.391. The smallest absolute Gasteiger partial charge is 0.337 e. The van der Waals surface area contributed by atoms with E-state index in [4.69, 9.17) is 9.15 Å². The number of thioether (sulfide) groups is 1. The predicted octanol–water partition coefficient (Wildman–Crippen LogP) is 3.37. The normalized spacial score (nSPS) is 14.4. The van der Waals surface area contributed by atoms with Crippen LogP contribution in [-0.4, -0.2) is 40.3 Å². The Kier molecular flexibility index (Phi) is 6.94. The molecular formula is C23H25N3O5S. The number of benzene rings is 1. The van der Waals surface area contributed by atoms with Gasteiger partial charge in [0.1, 0.15) is 5.76 Å². The lowest BCUT2D eigenvalue weighted by Gasteiger charge is -2.22. The van der Waals surface area contributed by atoms with E-state index < -0.39 is 5.97 Å². The van der Waals surface area contributed by atoms with E-state index in [0.717, 1.165) is 25.7 Å². The molecule has 1 saturated carbocycles. The number of amides is 1. The van der Waals surface area contributed by atoms with Gasteiger partial charge in [0.25, 0.3) is 5.56 Å². The lowest BCUT2D eigenvalue weighted by Crippen LogP contribution is -2.37. The summed E-state index contributed by atoms with van der Waals surface area (Å²) in [6, 6.07) is 8.39. The molecule has 1 aliphatic carbocycles. The second kappa shape index (κ2) is 10.0. The zero-order valence-electron chi connectivity index (χ0n) is 17.8. The van der Waals surface area contributed by atoms with Crippen molar-refractivity contribution in [2.24, 2.45) is 0 Å². The molecule has 0 spiro atoms. The number of fused-ring (bicyclic) bond motifs is 1. The van der Waals surface area contributed by atoms with Gasteiger partial charge in [-0.05, 0) is 43.2 Å². The Morgan fingerprint density at radius 3 is 2.78 bits per heavy atom. The molecule has 0 aliphatic heterocycles. The number of aromatic nitrogens is 2. The quantitative estimate of drug-likeness (QED) is 0.331. The number of rotatable bonds is 7. The third kappa shape index (κ3) is 5.04. The van der Waals surface area contributed by atoms with Crippen LogP contribution in [0.3, 0.4) is 0 Å². The van der Waals surface area contributed by atoms with Crippen LogP contribution in [0.15, 0.2) is 51.0 Å². The second-order valence-electron chi connectivity index (χ2n) is 7.78. The lowest BCUT2D eigenvalue weighted by atomic mass is 9.95. The minimum Gasteiger partial charge on any atom is -0.467 e. The molecule has 0 saturated heterocycles. The summed E-state index contributed by atoms with van der Waals surface area (Å²) in [6.45, 7) is 0.195. The third-order valence-electron chi connectivity index (χ3n) is 5.54. The number of nitrogens with zero attached hydrogens (tertiary/aromatic N) is 2. The Hall–Kier alpha value is -3.07. The molecule has 0 radical (unpaired) electrons. The van der Waals surface area contributed by atoms with Crippen LogP contribution in [0.1, 0.15) is 48.2 Å². The monoisotopic (exact) mass is 455 g/mol. The van der Waals surface area contributed by atoms with Crippen LogP contribution in [0.25, 0.3) is 10.9 Å². The zero-order valence-corrected chi connectivity index (χ0v) is 18.7. The number of nitrogens with one attached hydrogen (secondary N) is 1. The van der Waals surface area contributed by atoms with Crippen molar-refractivity contribution in [1.82, 2.24) is 14.9 Å². The molecule has 1 aromatic carbocycles. The molecule has 168 valence electrons. The van der Waals surface area contributed by atoms with Gasteiger partial charge >= 0.3 is 5.97 Å². The van der Waals surface area contributed by atoms with E-state index in [1.807, 2.05) is 0 Å². The van der Waals surface area contributed by atoms with Gasteiger partial charge in [-0.1, -0.05) is 31.0 Å². The average Bonchev–Trinajstić information content (AvgIpc) is 3.33. The molecule has 8 nitrogen and oxygen atoms in total. The van der Waals surface area contributed by atoms with E-state index in [-0.39, 0.29) is 29.8 Å². The first-order valence-corrected chi connectivity index (χ1v) is 11.6. The van der Waals surface area contributed by atoms with E-state index in [1.54, 1.807) is 30.5 Å². The van der Waals surface area contributed by atoms with Crippen molar-refractivity contribution in [3.05, 3.63) is 58.3 Å². The van der Waals surface area contributed by atoms with Gasteiger partial charge in [0.2, 0.25) is 5.91 Å². The summed E-state index contributed by atoms with van der Waals surface area (Å²) in [6.07, 6.45) is 7.04. The molecule has 3 aromatic rings. The summed E-state index contributed by atoms with van der Waals surface area (Å²) in [5.41, 5.74) is 0.420. The van der Waals surface area contributed by atoms with Crippen LogP contribution in [0.4, 0.5) is 0 Å². The maximum Gasteiger partial charge on any atom is 0.337 e.